The monoisotopic (exact) mass is 357 g/mol. The molecule has 5 heteroatoms. The first-order valence-electron chi connectivity index (χ1n) is 9.51. The molecule has 3 saturated carbocycles. The van der Waals surface area contributed by atoms with Crippen LogP contribution in [0.15, 0.2) is 35.4 Å². The summed E-state index contributed by atoms with van der Waals surface area (Å²) in [6.07, 6.45) is 7.60. The Morgan fingerprint density at radius 1 is 1.16 bits per heavy atom. The third-order valence-electron chi connectivity index (χ3n) is 6.68. The summed E-state index contributed by atoms with van der Waals surface area (Å²) in [5.74, 6) is 1.16. The van der Waals surface area contributed by atoms with Gasteiger partial charge in [-0.15, -0.1) is 0 Å². The fraction of sp³-hybridized carbons (Fsp3) is 0.600. The van der Waals surface area contributed by atoms with E-state index in [9.17, 15) is 5.11 Å². The van der Waals surface area contributed by atoms with Gasteiger partial charge in [0.25, 0.3) is 0 Å². The summed E-state index contributed by atoms with van der Waals surface area (Å²) in [4.78, 5) is 0. The molecule has 25 heavy (non-hydrogen) atoms. The molecule has 5 atom stereocenters. The molecule has 0 radical (unpaired) electrons. The summed E-state index contributed by atoms with van der Waals surface area (Å²) in [5, 5.41) is 16.6. The average molecular weight is 358 g/mol. The lowest BCUT2D eigenvalue weighted by molar-refractivity contribution is -0.111. The van der Waals surface area contributed by atoms with Gasteiger partial charge in [-0.1, -0.05) is 49.6 Å². The quantitative estimate of drug-likeness (QED) is 0.561. The molecule has 4 N–H and O–H groups in total. The van der Waals surface area contributed by atoms with Crippen molar-refractivity contribution in [2.24, 2.45) is 28.6 Å². The van der Waals surface area contributed by atoms with Crippen LogP contribution in [0.3, 0.4) is 0 Å². The second kappa shape index (κ2) is 6.69. The van der Waals surface area contributed by atoms with Crippen LogP contribution in [0.5, 0.6) is 0 Å². The Kier molecular flexibility index (Phi) is 4.54. The van der Waals surface area contributed by atoms with Crippen molar-refractivity contribution in [1.82, 2.24) is 5.43 Å². The molecular formula is C20H27N3OS. The van der Waals surface area contributed by atoms with Gasteiger partial charge >= 0.3 is 0 Å². The number of nitrogens with two attached hydrogens (primary N) is 1. The van der Waals surface area contributed by atoms with Crippen molar-refractivity contribution < 1.29 is 5.11 Å². The van der Waals surface area contributed by atoms with Gasteiger partial charge in [-0.3, -0.25) is 5.43 Å². The van der Waals surface area contributed by atoms with E-state index in [1.54, 1.807) is 0 Å². The van der Waals surface area contributed by atoms with E-state index < -0.39 is 5.60 Å². The molecule has 5 unspecified atom stereocenters. The van der Waals surface area contributed by atoms with E-state index in [1.807, 2.05) is 0 Å². The largest absolute Gasteiger partial charge is 0.389 e. The van der Waals surface area contributed by atoms with Crippen LogP contribution in [0.2, 0.25) is 0 Å². The highest BCUT2D eigenvalue weighted by atomic mass is 32.1. The van der Waals surface area contributed by atoms with Crippen molar-refractivity contribution in [2.75, 3.05) is 0 Å². The van der Waals surface area contributed by atoms with Crippen LogP contribution >= 0.6 is 12.2 Å². The molecule has 4 rings (SSSR count). The van der Waals surface area contributed by atoms with Crippen LogP contribution in [0.25, 0.3) is 0 Å². The van der Waals surface area contributed by atoms with Crippen molar-refractivity contribution in [1.29, 1.82) is 0 Å². The maximum absolute atomic E-state index is 11.8. The minimum atomic E-state index is -0.646. The number of benzene rings is 1. The van der Waals surface area contributed by atoms with Gasteiger partial charge in [-0.2, -0.15) is 5.10 Å². The molecule has 1 aromatic rings. The molecule has 0 heterocycles. The van der Waals surface area contributed by atoms with E-state index in [-0.39, 0.29) is 11.0 Å². The van der Waals surface area contributed by atoms with Crippen molar-refractivity contribution in [2.45, 2.75) is 56.5 Å². The van der Waals surface area contributed by atoms with E-state index in [2.05, 4.69) is 40.9 Å². The van der Waals surface area contributed by atoms with Crippen LogP contribution in [-0.4, -0.2) is 21.5 Å². The molecule has 0 spiro atoms. The fourth-order valence-corrected chi connectivity index (χ4v) is 5.84. The lowest BCUT2D eigenvalue weighted by Crippen LogP contribution is -2.61. The third-order valence-corrected chi connectivity index (χ3v) is 6.77. The van der Waals surface area contributed by atoms with Gasteiger partial charge in [0.15, 0.2) is 5.11 Å². The summed E-state index contributed by atoms with van der Waals surface area (Å²) in [7, 11) is 0. The van der Waals surface area contributed by atoms with Gasteiger partial charge in [0.05, 0.1) is 5.60 Å². The molecule has 134 valence electrons. The molecule has 3 fully saturated rings. The Hall–Kier alpha value is -1.46. The molecule has 0 aromatic heterocycles. The van der Waals surface area contributed by atoms with Crippen LogP contribution in [0.1, 0.15) is 56.4 Å². The number of thiocarbonyl (C=S) groups is 1. The zero-order chi connectivity index (χ0) is 17.4. The smallest absolute Gasteiger partial charge is 0.184 e. The Morgan fingerprint density at radius 2 is 1.96 bits per heavy atom. The maximum atomic E-state index is 11.8. The van der Waals surface area contributed by atoms with E-state index in [4.69, 9.17) is 18.0 Å². The summed E-state index contributed by atoms with van der Waals surface area (Å²) >= 11 is 4.96. The zero-order valence-corrected chi connectivity index (χ0v) is 15.3. The molecule has 0 saturated heterocycles. The van der Waals surface area contributed by atoms with E-state index in [0.29, 0.717) is 17.8 Å². The minimum Gasteiger partial charge on any atom is -0.389 e. The summed E-state index contributed by atoms with van der Waals surface area (Å²) < 4.78 is 0. The number of rotatable bonds is 2. The SMILES string of the molecule is NC(=S)N/N=C1\C2CCCC1C1(O)CCCCC1C2c1ccccc1. The molecule has 3 aliphatic carbocycles. The Balaban J connectivity index is 1.81. The number of fused-ring (bicyclic) bond motifs is 4. The number of hydrazone groups is 1. The topological polar surface area (TPSA) is 70.6 Å². The maximum Gasteiger partial charge on any atom is 0.184 e. The van der Waals surface area contributed by atoms with Crippen LogP contribution < -0.4 is 11.2 Å². The number of hydrogen-bond donors (Lipinski definition) is 3. The van der Waals surface area contributed by atoms with Crippen LogP contribution in [0, 0.1) is 17.8 Å². The zero-order valence-electron chi connectivity index (χ0n) is 14.5. The number of nitrogens with one attached hydrogen (secondary N) is 1. The standard InChI is InChI=1S/C20H27N3OS/c21-19(25)23-22-18-14-9-6-11-16(18)20(24)12-5-4-10-15(20)17(14)13-7-2-1-3-8-13/h1-3,7-8,14-17,24H,4-6,9-12H2,(H3,21,23,25)/b22-18+. The number of nitrogens with zero attached hydrogens (tertiary/aromatic N) is 1. The van der Waals surface area contributed by atoms with Gasteiger partial charge in [-0.05, 0) is 55.3 Å². The van der Waals surface area contributed by atoms with Crippen molar-refractivity contribution in [3.05, 3.63) is 35.9 Å². The van der Waals surface area contributed by atoms with Crippen LogP contribution in [-0.2, 0) is 0 Å². The number of hydrogen-bond acceptors (Lipinski definition) is 3. The lowest BCUT2D eigenvalue weighted by atomic mass is 9.49. The predicted octanol–water partition coefficient (Wildman–Crippen LogP) is 3.31. The second-order valence-electron chi connectivity index (χ2n) is 7.88. The molecule has 0 aliphatic heterocycles. The Labute approximate surface area is 154 Å². The first-order valence-corrected chi connectivity index (χ1v) is 9.92. The summed E-state index contributed by atoms with van der Waals surface area (Å²) in [5.41, 5.74) is 10.2. The Bertz CT molecular complexity index is 677. The van der Waals surface area contributed by atoms with Crippen molar-refractivity contribution in [3.63, 3.8) is 0 Å². The fourth-order valence-electron chi connectivity index (χ4n) is 5.80. The molecule has 2 bridgehead atoms. The van der Waals surface area contributed by atoms with Crippen LogP contribution in [0.4, 0.5) is 0 Å². The highest BCUT2D eigenvalue weighted by Gasteiger charge is 2.58. The molecule has 4 nitrogen and oxygen atoms in total. The molecule has 0 amide bonds. The number of aliphatic hydroxyl groups is 1. The van der Waals surface area contributed by atoms with E-state index in [1.165, 1.54) is 12.0 Å². The summed E-state index contributed by atoms with van der Waals surface area (Å²) in [6.45, 7) is 0. The third kappa shape index (κ3) is 2.87. The molecule has 3 aliphatic rings. The van der Waals surface area contributed by atoms with E-state index in [0.717, 1.165) is 44.2 Å². The highest BCUT2D eigenvalue weighted by molar-refractivity contribution is 7.80. The van der Waals surface area contributed by atoms with Crippen molar-refractivity contribution in [3.8, 4) is 0 Å². The first kappa shape index (κ1) is 17.0. The predicted molar refractivity (Wildman–Crippen MR) is 104 cm³/mol. The Morgan fingerprint density at radius 3 is 2.72 bits per heavy atom. The van der Waals surface area contributed by atoms with Gasteiger partial charge in [0.2, 0.25) is 0 Å². The van der Waals surface area contributed by atoms with Gasteiger partial charge < -0.3 is 10.8 Å². The highest BCUT2D eigenvalue weighted by Crippen LogP contribution is 2.58. The lowest BCUT2D eigenvalue weighted by Gasteiger charge is -2.57. The normalized spacial score (nSPS) is 38.8. The van der Waals surface area contributed by atoms with Crippen molar-refractivity contribution >= 4 is 23.0 Å². The van der Waals surface area contributed by atoms with E-state index >= 15 is 0 Å². The minimum absolute atomic E-state index is 0.137. The van der Waals surface area contributed by atoms with Gasteiger partial charge in [-0.25, -0.2) is 0 Å². The average Bonchev–Trinajstić information content (AvgIpc) is 2.62. The second-order valence-corrected chi connectivity index (χ2v) is 8.32. The molecule has 1 aromatic carbocycles. The van der Waals surface area contributed by atoms with Gasteiger partial charge in [0.1, 0.15) is 0 Å². The van der Waals surface area contributed by atoms with Gasteiger partial charge in [0, 0.05) is 17.5 Å². The molecular weight excluding hydrogens is 330 g/mol. The summed E-state index contributed by atoms with van der Waals surface area (Å²) in [6, 6.07) is 10.7. The first-order chi connectivity index (χ1) is 12.1.